The minimum atomic E-state index is 0.135. The Morgan fingerprint density at radius 2 is 1.79 bits per heavy atom. The van der Waals surface area contributed by atoms with Gasteiger partial charge in [0.15, 0.2) is 0 Å². The van der Waals surface area contributed by atoms with Crippen molar-refractivity contribution in [2.75, 3.05) is 52.5 Å². The summed E-state index contributed by atoms with van der Waals surface area (Å²) in [5.74, 6) is 0.995. The lowest BCUT2D eigenvalue weighted by Crippen LogP contribution is -2.48. The molecular weight excluding hydrogens is 354 g/mol. The first kappa shape index (κ1) is 21.6. The number of morpholine rings is 1. The van der Waals surface area contributed by atoms with E-state index in [9.17, 15) is 9.59 Å². The van der Waals surface area contributed by atoms with Crippen molar-refractivity contribution in [3.05, 3.63) is 0 Å². The molecule has 2 aliphatic heterocycles. The van der Waals surface area contributed by atoms with E-state index in [1.54, 1.807) is 0 Å². The van der Waals surface area contributed by atoms with Crippen LogP contribution in [0.4, 0.5) is 0 Å². The molecular formula is C22H39N3O3. The first-order valence-corrected chi connectivity index (χ1v) is 11.5. The predicted octanol–water partition coefficient (Wildman–Crippen LogP) is 2.37. The molecule has 2 heterocycles. The van der Waals surface area contributed by atoms with Crippen molar-refractivity contribution in [1.29, 1.82) is 0 Å². The lowest BCUT2D eigenvalue weighted by atomic mass is 9.84. The summed E-state index contributed by atoms with van der Waals surface area (Å²) in [6.45, 7) is 11.2. The summed E-state index contributed by atoms with van der Waals surface area (Å²) in [4.78, 5) is 32.5. The first-order valence-electron chi connectivity index (χ1n) is 11.5. The number of likely N-dealkylation sites (tertiary alicyclic amines) is 1. The lowest BCUT2D eigenvalue weighted by molar-refractivity contribution is -0.141. The lowest BCUT2D eigenvalue weighted by Gasteiger charge is -2.36. The third-order valence-electron chi connectivity index (χ3n) is 6.97. The number of rotatable bonds is 9. The van der Waals surface area contributed by atoms with Gasteiger partial charge in [-0.3, -0.25) is 14.5 Å². The van der Waals surface area contributed by atoms with Crippen LogP contribution < -0.4 is 0 Å². The van der Waals surface area contributed by atoms with E-state index < -0.39 is 0 Å². The molecule has 6 heteroatoms. The smallest absolute Gasteiger partial charge is 0.225 e. The summed E-state index contributed by atoms with van der Waals surface area (Å²) in [6.07, 6.45) is 7.02. The Labute approximate surface area is 170 Å². The van der Waals surface area contributed by atoms with Gasteiger partial charge in [-0.05, 0) is 38.5 Å². The molecule has 1 atom stereocenters. The summed E-state index contributed by atoms with van der Waals surface area (Å²) in [6, 6.07) is 0.205. The van der Waals surface area contributed by atoms with Crippen LogP contribution in [-0.4, -0.2) is 85.0 Å². The molecule has 0 aromatic heterocycles. The summed E-state index contributed by atoms with van der Waals surface area (Å²) >= 11 is 0. The fraction of sp³-hybridized carbons (Fsp3) is 0.909. The van der Waals surface area contributed by atoms with Gasteiger partial charge in [-0.25, -0.2) is 0 Å². The molecule has 3 rings (SSSR count). The SMILES string of the molecule is CCC(CC)C(=O)N1CCC(N(CCCN2CCOCC2)C(=O)C2CCC2)C1. The van der Waals surface area contributed by atoms with E-state index in [1.807, 2.05) is 4.90 Å². The van der Waals surface area contributed by atoms with Crippen LogP contribution in [0.3, 0.4) is 0 Å². The Kier molecular flexibility index (Phi) is 8.15. The van der Waals surface area contributed by atoms with Crippen LogP contribution in [0.15, 0.2) is 0 Å². The Morgan fingerprint density at radius 1 is 1.07 bits per heavy atom. The van der Waals surface area contributed by atoms with Crippen molar-refractivity contribution >= 4 is 11.8 Å². The van der Waals surface area contributed by atoms with Gasteiger partial charge in [-0.15, -0.1) is 0 Å². The zero-order valence-corrected chi connectivity index (χ0v) is 17.9. The number of hydrogen-bond donors (Lipinski definition) is 0. The summed E-state index contributed by atoms with van der Waals surface area (Å²) in [5, 5.41) is 0. The Hall–Kier alpha value is -1.14. The first-order chi connectivity index (χ1) is 13.6. The monoisotopic (exact) mass is 393 g/mol. The average molecular weight is 394 g/mol. The van der Waals surface area contributed by atoms with Crippen LogP contribution in [0.5, 0.6) is 0 Å². The van der Waals surface area contributed by atoms with Crippen LogP contribution >= 0.6 is 0 Å². The fourth-order valence-electron chi connectivity index (χ4n) is 4.74. The highest BCUT2D eigenvalue weighted by Gasteiger charge is 2.37. The third kappa shape index (κ3) is 5.26. The van der Waals surface area contributed by atoms with E-state index in [4.69, 9.17) is 4.74 Å². The minimum Gasteiger partial charge on any atom is -0.379 e. The van der Waals surface area contributed by atoms with E-state index in [2.05, 4.69) is 23.6 Å². The van der Waals surface area contributed by atoms with Gasteiger partial charge >= 0.3 is 0 Å². The number of ether oxygens (including phenoxy) is 1. The molecule has 0 spiro atoms. The molecule has 1 aliphatic carbocycles. The normalized spacial score (nSPS) is 23.8. The van der Waals surface area contributed by atoms with Gasteiger partial charge in [0, 0.05) is 51.1 Å². The molecule has 3 aliphatic rings. The van der Waals surface area contributed by atoms with Gasteiger partial charge in [-0.2, -0.15) is 0 Å². The number of nitrogens with zero attached hydrogens (tertiary/aromatic N) is 3. The molecule has 3 fully saturated rings. The predicted molar refractivity (Wildman–Crippen MR) is 110 cm³/mol. The van der Waals surface area contributed by atoms with Gasteiger partial charge in [0.2, 0.25) is 11.8 Å². The third-order valence-corrected chi connectivity index (χ3v) is 6.97. The van der Waals surface area contributed by atoms with Gasteiger partial charge in [-0.1, -0.05) is 20.3 Å². The largest absolute Gasteiger partial charge is 0.379 e. The van der Waals surface area contributed by atoms with Crippen LogP contribution in [0.2, 0.25) is 0 Å². The Morgan fingerprint density at radius 3 is 2.39 bits per heavy atom. The second-order valence-corrected chi connectivity index (χ2v) is 8.71. The van der Waals surface area contributed by atoms with Crippen molar-refractivity contribution in [3.8, 4) is 0 Å². The van der Waals surface area contributed by atoms with Crippen molar-refractivity contribution in [2.45, 2.75) is 64.8 Å². The summed E-state index contributed by atoms with van der Waals surface area (Å²) in [5.41, 5.74) is 0. The van der Waals surface area contributed by atoms with E-state index >= 15 is 0 Å². The van der Waals surface area contributed by atoms with Crippen molar-refractivity contribution in [2.24, 2.45) is 11.8 Å². The van der Waals surface area contributed by atoms with E-state index in [1.165, 1.54) is 6.42 Å². The number of carbonyl (C=O) groups excluding carboxylic acids is 2. The Balaban J connectivity index is 1.55. The van der Waals surface area contributed by atoms with Crippen molar-refractivity contribution in [3.63, 3.8) is 0 Å². The van der Waals surface area contributed by atoms with Gasteiger partial charge in [0.05, 0.1) is 19.3 Å². The molecule has 0 aromatic rings. The zero-order chi connectivity index (χ0) is 19.9. The number of carbonyl (C=O) groups is 2. The highest BCUT2D eigenvalue weighted by molar-refractivity contribution is 5.81. The number of hydrogen-bond acceptors (Lipinski definition) is 4. The van der Waals surface area contributed by atoms with Gasteiger partial charge in [0.25, 0.3) is 0 Å². The van der Waals surface area contributed by atoms with Crippen molar-refractivity contribution in [1.82, 2.24) is 14.7 Å². The molecule has 2 saturated heterocycles. The van der Waals surface area contributed by atoms with Crippen LogP contribution in [0.25, 0.3) is 0 Å². The topological polar surface area (TPSA) is 53.1 Å². The van der Waals surface area contributed by atoms with Gasteiger partial charge in [0.1, 0.15) is 0 Å². The highest BCUT2D eigenvalue weighted by Crippen LogP contribution is 2.30. The van der Waals surface area contributed by atoms with E-state index in [-0.39, 0.29) is 23.8 Å². The summed E-state index contributed by atoms with van der Waals surface area (Å²) in [7, 11) is 0. The second-order valence-electron chi connectivity index (χ2n) is 8.71. The molecule has 0 N–H and O–H groups in total. The zero-order valence-electron chi connectivity index (χ0n) is 17.9. The molecule has 1 saturated carbocycles. The second kappa shape index (κ2) is 10.6. The maximum absolute atomic E-state index is 13.1. The van der Waals surface area contributed by atoms with E-state index in [0.29, 0.717) is 5.91 Å². The maximum Gasteiger partial charge on any atom is 0.225 e. The molecule has 0 radical (unpaired) electrons. The van der Waals surface area contributed by atoms with Crippen LogP contribution in [-0.2, 0) is 14.3 Å². The molecule has 0 bridgehead atoms. The molecule has 160 valence electrons. The summed E-state index contributed by atoms with van der Waals surface area (Å²) < 4.78 is 5.43. The van der Waals surface area contributed by atoms with Gasteiger partial charge < -0.3 is 14.5 Å². The van der Waals surface area contributed by atoms with E-state index in [0.717, 1.165) is 91.0 Å². The molecule has 28 heavy (non-hydrogen) atoms. The minimum absolute atomic E-state index is 0.135. The van der Waals surface area contributed by atoms with Crippen LogP contribution in [0.1, 0.15) is 58.8 Å². The highest BCUT2D eigenvalue weighted by atomic mass is 16.5. The maximum atomic E-state index is 13.1. The van der Waals surface area contributed by atoms with Crippen molar-refractivity contribution < 1.29 is 14.3 Å². The van der Waals surface area contributed by atoms with Crippen LogP contribution in [0, 0.1) is 11.8 Å². The average Bonchev–Trinajstić information content (AvgIpc) is 3.15. The Bertz CT molecular complexity index is 513. The quantitative estimate of drug-likeness (QED) is 0.604. The fourth-order valence-corrected chi connectivity index (χ4v) is 4.74. The molecule has 2 amide bonds. The standard InChI is InChI=1S/C22H39N3O3/c1-3-18(4-2)21(26)24-12-9-20(17-24)25(22(27)19-7-5-8-19)11-6-10-23-13-15-28-16-14-23/h18-20H,3-17H2,1-2H3. The number of amides is 2. The molecule has 0 aromatic carbocycles. The molecule has 1 unspecified atom stereocenters. The molecule has 6 nitrogen and oxygen atoms in total.